The number of nitrogens with one attached hydrogen (secondary N) is 1. The zero-order valence-corrected chi connectivity index (χ0v) is 12.5. The highest BCUT2D eigenvalue weighted by molar-refractivity contribution is 5.98. The third-order valence-corrected chi connectivity index (χ3v) is 4.07. The van der Waals surface area contributed by atoms with Crippen molar-refractivity contribution in [2.45, 2.75) is 13.8 Å². The Balaban J connectivity index is 2.00. The van der Waals surface area contributed by atoms with Gasteiger partial charge in [0.25, 0.3) is 0 Å². The number of nitrogens with zero attached hydrogens (tertiary/aromatic N) is 1. The van der Waals surface area contributed by atoms with E-state index < -0.39 is 0 Å². The number of fused-ring (bicyclic) bond motifs is 2. The fourth-order valence-electron chi connectivity index (χ4n) is 3.03. The Morgan fingerprint density at radius 1 is 0.955 bits per heavy atom. The van der Waals surface area contributed by atoms with E-state index in [1.165, 1.54) is 5.56 Å². The summed E-state index contributed by atoms with van der Waals surface area (Å²) < 4.78 is 0. The van der Waals surface area contributed by atoms with E-state index in [1.807, 2.05) is 19.1 Å². The van der Waals surface area contributed by atoms with Crippen molar-refractivity contribution in [2.24, 2.45) is 0 Å². The number of pyridine rings is 1. The van der Waals surface area contributed by atoms with Gasteiger partial charge in [-0.05, 0) is 50.2 Å². The van der Waals surface area contributed by atoms with Crippen LogP contribution in [0.2, 0.25) is 0 Å². The van der Waals surface area contributed by atoms with Gasteiger partial charge in [-0.1, -0.05) is 17.7 Å². The molecule has 2 aromatic carbocycles. The van der Waals surface area contributed by atoms with Crippen molar-refractivity contribution in [3.63, 3.8) is 0 Å². The minimum absolute atomic E-state index is 0.268. The van der Waals surface area contributed by atoms with Crippen LogP contribution in [-0.4, -0.2) is 15.1 Å². The summed E-state index contributed by atoms with van der Waals surface area (Å²) in [5.41, 5.74) is 6.25. The lowest BCUT2D eigenvalue weighted by Crippen LogP contribution is -1.87. The first-order valence-electron chi connectivity index (χ1n) is 7.31. The van der Waals surface area contributed by atoms with Crippen LogP contribution < -0.4 is 0 Å². The molecule has 0 aliphatic heterocycles. The predicted octanol–water partition coefficient (Wildman–Crippen LogP) is 4.71. The summed E-state index contributed by atoms with van der Waals surface area (Å²) in [4.78, 5) is 8.16. The monoisotopic (exact) mass is 288 g/mol. The Bertz CT molecular complexity index is 1010. The van der Waals surface area contributed by atoms with E-state index in [0.29, 0.717) is 0 Å². The maximum absolute atomic E-state index is 9.78. The van der Waals surface area contributed by atoms with E-state index >= 15 is 0 Å². The van der Waals surface area contributed by atoms with Crippen LogP contribution in [0.1, 0.15) is 11.3 Å². The van der Waals surface area contributed by atoms with Gasteiger partial charge in [0, 0.05) is 27.5 Å². The molecule has 0 amide bonds. The number of hydrogen-bond donors (Lipinski definition) is 2. The zero-order chi connectivity index (χ0) is 15.3. The summed E-state index contributed by atoms with van der Waals surface area (Å²) in [5.74, 6) is 0.268. The van der Waals surface area contributed by atoms with Gasteiger partial charge in [-0.25, -0.2) is 4.98 Å². The summed E-state index contributed by atoms with van der Waals surface area (Å²) in [6.45, 7) is 4.12. The van der Waals surface area contributed by atoms with Crippen LogP contribution in [0, 0.1) is 13.8 Å². The molecule has 0 saturated heterocycles. The first kappa shape index (κ1) is 12.9. The normalized spacial score (nSPS) is 11.4. The van der Waals surface area contributed by atoms with Crippen molar-refractivity contribution in [2.75, 3.05) is 0 Å². The van der Waals surface area contributed by atoms with Gasteiger partial charge in [0.15, 0.2) is 0 Å². The highest BCUT2D eigenvalue weighted by Gasteiger charge is 2.12. The molecule has 4 rings (SSSR count). The van der Waals surface area contributed by atoms with Crippen LogP contribution in [0.15, 0.2) is 48.5 Å². The zero-order valence-electron chi connectivity index (χ0n) is 12.5. The molecule has 0 aliphatic carbocycles. The lowest BCUT2D eigenvalue weighted by molar-refractivity contribution is 0.476. The van der Waals surface area contributed by atoms with E-state index in [9.17, 15) is 5.11 Å². The first-order chi connectivity index (χ1) is 10.6. The molecule has 0 spiro atoms. The number of aromatic hydroxyl groups is 1. The number of aryl methyl sites for hydroxylation is 2. The fourth-order valence-corrected chi connectivity index (χ4v) is 3.03. The maximum Gasteiger partial charge on any atom is 0.116 e. The fraction of sp³-hybridized carbons (Fsp3) is 0.105. The van der Waals surface area contributed by atoms with Gasteiger partial charge >= 0.3 is 0 Å². The summed E-state index contributed by atoms with van der Waals surface area (Å²) in [6, 6.07) is 15.8. The van der Waals surface area contributed by atoms with E-state index in [2.05, 4.69) is 36.2 Å². The third kappa shape index (κ3) is 1.94. The number of aromatic nitrogens is 2. The summed E-state index contributed by atoms with van der Waals surface area (Å²) in [5, 5.41) is 11.9. The SMILES string of the molecule is Cc1ccc2nc(-c3c(C)[nH]c4ccc(O)cc34)ccc2c1. The molecule has 2 N–H and O–H groups in total. The predicted molar refractivity (Wildman–Crippen MR) is 90.2 cm³/mol. The summed E-state index contributed by atoms with van der Waals surface area (Å²) >= 11 is 0. The number of phenolic OH excluding ortho intramolecular Hbond substituents is 1. The van der Waals surface area contributed by atoms with Crippen LogP contribution >= 0.6 is 0 Å². The van der Waals surface area contributed by atoms with Gasteiger partial charge in [0.1, 0.15) is 5.75 Å². The van der Waals surface area contributed by atoms with Gasteiger partial charge in [-0.15, -0.1) is 0 Å². The maximum atomic E-state index is 9.78. The molecule has 108 valence electrons. The second kappa shape index (κ2) is 4.60. The molecule has 0 bridgehead atoms. The standard InChI is InChI=1S/C19H16N2O/c1-11-3-6-16-13(9-11)4-7-18(21-16)19-12(2)20-17-8-5-14(22)10-15(17)19/h3-10,20,22H,1-2H3. The number of hydrogen-bond acceptors (Lipinski definition) is 2. The molecule has 4 aromatic rings. The van der Waals surface area contributed by atoms with Gasteiger partial charge in [-0.2, -0.15) is 0 Å². The Morgan fingerprint density at radius 3 is 2.68 bits per heavy atom. The van der Waals surface area contributed by atoms with E-state index in [4.69, 9.17) is 4.98 Å². The minimum atomic E-state index is 0.268. The van der Waals surface area contributed by atoms with E-state index in [1.54, 1.807) is 12.1 Å². The molecule has 2 heterocycles. The number of rotatable bonds is 1. The highest BCUT2D eigenvalue weighted by Crippen LogP contribution is 2.33. The minimum Gasteiger partial charge on any atom is -0.508 e. The van der Waals surface area contributed by atoms with Crippen LogP contribution in [0.3, 0.4) is 0 Å². The van der Waals surface area contributed by atoms with Gasteiger partial charge in [-0.3, -0.25) is 0 Å². The molecule has 3 nitrogen and oxygen atoms in total. The van der Waals surface area contributed by atoms with Crippen LogP contribution in [-0.2, 0) is 0 Å². The van der Waals surface area contributed by atoms with E-state index in [-0.39, 0.29) is 5.75 Å². The van der Waals surface area contributed by atoms with E-state index in [0.717, 1.165) is 38.8 Å². The van der Waals surface area contributed by atoms with Crippen LogP contribution in [0.25, 0.3) is 33.1 Å². The van der Waals surface area contributed by atoms with Crippen molar-refractivity contribution < 1.29 is 5.11 Å². The second-order valence-electron chi connectivity index (χ2n) is 5.75. The molecule has 0 aliphatic rings. The second-order valence-corrected chi connectivity index (χ2v) is 5.75. The largest absolute Gasteiger partial charge is 0.508 e. The van der Waals surface area contributed by atoms with Crippen LogP contribution in [0.4, 0.5) is 0 Å². The summed E-state index contributed by atoms with van der Waals surface area (Å²) in [6.07, 6.45) is 0. The van der Waals surface area contributed by atoms with Gasteiger partial charge in [0.2, 0.25) is 0 Å². The molecule has 3 heteroatoms. The Labute approximate surface area is 128 Å². The van der Waals surface area contributed by atoms with Crippen molar-refractivity contribution in [1.82, 2.24) is 9.97 Å². The highest BCUT2D eigenvalue weighted by atomic mass is 16.3. The lowest BCUT2D eigenvalue weighted by atomic mass is 10.0. The number of phenols is 1. The molecule has 22 heavy (non-hydrogen) atoms. The molecule has 0 fully saturated rings. The smallest absolute Gasteiger partial charge is 0.116 e. The number of H-pyrrole nitrogens is 1. The quantitative estimate of drug-likeness (QED) is 0.533. The molecular formula is C19H16N2O. The molecule has 2 aromatic heterocycles. The molecule has 0 saturated carbocycles. The van der Waals surface area contributed by atoms with Crippen molar-refractivity contribution in [3.8, 4) is 17.0 Å². The average molecular weight is 288 g/mol. The van der Waals surface area contributed by atoms with Gasteiger partial charge < -0.3 is 10.1 Å². The number of aromatic amines is 1. The first-order valence-corrected chi connectivity index (χ1v) is 7.31. The molecular weight excluding hydrogens is 272 g/mol. The Hall–Kier alpha value is -2.81. The molecule has 0 unspecified atom stereocenters. The van der Waals surface area contributed by atoms with Crippen molar-refractivity contribution in [1.29, 1.82) is 0 Å². The lowest BCUT2D eigenvalue weighted by Gasteiger charge is -2.05. The molecule has 0 atom stereocenters. The third-order valence-electron chi connectivity index (χ3n) is 4.07. The van der Waals surface area contributed by atoms with Crippen LogP contribution in [0.5, 0.6) is 5.75 Å². The average Bonchev–Trinajstić information content (AvgIpc) is 2.82. The van der Waals surface area contributed by atoms with Crippen molar-refractivity contribution in [3.05, 3.63) is 59.8 Å². The summed E-state index contributed by atoms with van der Waals surface area (Å²) in [7, 11) is 0. The topological polar surface area (TPSA) is 48.9 Å². The van der Waals surface area contributed by atoms with Crippen molar-refractivity contribution >= 4 is 21.8 Å². The number of benzene rings is 2. The Kier molecular flexibility index (Phi) is 2.70. The van der Waals surface area contributed by atoms with Gasteiger partial charge in [0.05, 0.1) is 11.2 Å². The Morgan fingerprint density at radius 2 is 1.82 bits per heavy atom. The molecule has 0 radical (unpaired) electrons.